The van der Waals surface area contributed by atoms with Crippen molar-refractivity contribution >= 4 is 34.7 Å². The molecule has 0 aliphatic rings. The van der Waals surface area contributed by atoms with Crippen molar-refractivity contribution in [2.24, 2.45) is 0 Å². The van der Waals surface area contributed by atoms with E-state index in [1.165, 1.54) is 0 Å². The Hall–Kier alpha value is -4.60. The Morgan fingerprint density at radius 1 is 1.06 bits per heavy atom. The number of nitrogens with one attached hydrogen (secondary N) is 3. The van der Waals surface area contributed by atoms with Crippen molar-refractivity contribution in [3.63, 3.8) is 0 Å². The molecule has 0 aliphatic carbocycles. The highest BCUT2D eigenvalue weighted by Crippen LogP contribution is 2.28. The van der Waals surface area contributed by atoms with Crippen LogP contribution in [0.2, 0.25) is 0 Å². The van der Waals surface area contributed by atoms with Gasteiger partial charge in [-0.15, -0.1) is 0 Å². The van der Waals surface area contributed by atoms with Gasteiger partial charge < -0.3 is 31.2 Å². The minimum absolute atomic E-state index is 0.0788. The molecule has 6 N–H and O–H groups in total. The number of amides is 2. The average molecular weight is 446 g/mol. The van der Waals surface area contributed by atoms with Crippen molar-refractivity contribution in [3.05, 3.63) is 72.4 Å². The molecule has 1 atom stereocenters. The maximum absolute atomic E-state index is 12.3. The molecule has 4 rings (SSSR count). The van der Waals surface area contributed by atoms with Crippen LogP contribution in [-0.4, -0.2) is 38.1 Å². The smallest absolute Gasteiger partial charge is 0.326 e. The molecule has 0 aliphatic heterocycles. The number of H-pyrrole nitrogens is 1. The highest BCUT2D eigenvalue weighted by molar-refractivity contribution is 5.92. The molecule has 0 unspecified atom stereocenters. The van der Waals surface area contributed by atoms with E-state index in [4.69, 9.17) is 10.5 Å². The van der Waals surface area contributed by atoms with Gasteiger partial charge in [0, 0.05) is 11.9 Å². The molecule has 2 amide bonds. The number of benzene rings is 2. The molecular weight excluding hydrogens is 424 g/mol. The van der Waals surface area contributed by atoms with E-state index in [2.05, 4.69) is 25.6 Å². The quantitative estimate of drug-likeness (QED) is 0.277. The van der Waals surface area contributed by atoms with Gasteiger partial charge in [-0.05, 0) is 48.7 Å². The first-order chi connectivity index (χ1) is 16.0. The van der Waals surface area contributed by atoms with Crippen LogP contribution in [0.3, 0.4) is 0 Å². The Bertz CT molecular complexity index is 1260. The van der Waals surface area contributed by atoms with Crippen molar-refractivity contribution in [1.29, 1.82) is 0 Å². The van der Waals surface area contributed by atoms with Crippen molar-refractivity contribution < 1.29 is 19.4 Å². The molecule has 0 bridgehead atoms. The minimum Gasteiger partial charge on any atom is -0.480 e. The number of carboxylic acid groups (broad SMARTS) is 1. The van der Waals surface area contributed by atoms with Crippen molar-refractivity contribution in [2.75, 3.05) is 11.1 Å². The van der Waals surface area contributed by atoms with E-state index in [1.54, 1.807) is 36.5 Å². The molecule has 0 spiro atoms. The third kappa shape index (κ3) is 5.56. The second-order valence-electron chi connectivity index (χ2n) is 7.27. The first kappa shape index (κ1) is 21.6. The van der Waals surface area contributed by atoms with E-state index >= 15 is 0 Å². The molecule has 10 heteroatoms. The van der Waals surface area contributed by atoms with Gasteiger partial charge in [-0.2, -0.15) is 9.97 Å². The summed E-state index contributed by atoms with van der Waals surface area (Å²) < 4.78 is 5.80. The fourth-order valence-corrected chi connectivity index (χ4v) is 3.26. The van der Waals surface area contributed by atoms with Crippen LogP contribution in [0.4, 0.5) is 16.4 Å². The second-order valence-corrected chi connectivity index (χ2v) is 7.27. The van der Waals surface area contributed by atoms with Crippen LogP contribution < -0.4 is 21.1 Å². The lowest BCUT2D eigenvalue weighted by molar-refractivity contribution is -0.139. The predicted molar refractivity (Wildman–Crippen MR) is 123 cm³/mol. The number of fused-ring (bicyclic) bond motifs is 1. The second kappa shape index (κ2) is 9.69. The molecule has 2 aromatic heterocycles. The molecule has 168 valence electrons. The molecule has 10 nitrogen and oxygen atoms in total. The van der Waals surface area contributed by atoms with Crippen LogP contribution in [0, 0.1) is 0 Å². The van der Waals surface area contributed by atoms with Gasteiger partial charge in [0.1, 0.15) is 17.4 Å². The summed E-state index contributed by atoms with van der Waals surface area (Å²) in [5.74, 6) is -0.229. The number of aromatic amines is 1. The van der Waals surface area contributed by atoms with Gasteiger partial charge in [-0.3, -0.25) is 0 Å². The molecule has 33 heavy (non-hydrogen) atoms. The van der Waals surface area contributed by atoms with Crippen LogP contribution in [-0.2, 0) is 11.2 Å². The first-order valence-corrected chi connectivity index (χ1v) is 10.2. The zero-order valence-corrected chi connectivity index (χ0v) is 17.5. The fraction of sp³-hybridized carbons (Fsp3) is 0.130. The number of urea groups is 1. The van der Waals surface area contributed by atoms with Gasteiger partial charge in [0.05, 0.1) is 5.39 Å². The SMILES string of the molecule is Nc1nc(Oc2ccc(NC(=O)N[C@@H](CCc3ccccc3)C(=O)O)cc2)c2cc[nH]c2n1. The van der Waals surface area contributed by atoms with Gasteiger partial charge >= 0.3 is 12.0 Å². The lowest BCUT2D eigenvalue weighted by Crippen LogP contribution is -2.43. The lowest BCUT2D eigenvalue weighted by Gasteiger charge is -2.15. The summed E-state index contributed by atoms with van der Waals surface area (Å²) in [5.41, 5.74) is 7.75. The summed E-state index contributed by atoms with van der Waals surface area (Å²) in [4.78, 5) is 35.0. The Balaban J connectivity index is 1.35. The Kier molecular flexibility index (Phi) is 6.35. The Morgan fingerprint density at radius 2 is 1.82 bits per heavy atom. The number of ether oxygens (including phenoxy) is 1. The number of nitrogens with zero attached hydrogens (tertiary/aromatic N) is 2. The summed E-state index contributed by atoms with van der Waals surface area (Å²) in [6, 6.07) is 16.2. The molecule has 0 fully saturated rings. The third-order valence-electron chi connectivity index (χ3n) is 4.89. The number of hydrogen-bond donors (Lipinski definition) is 5. The zero-order chi connectivity index (χ0) is 23.2. The van der Waals surface area contributed by atoms with E-state index in [0.717, 1.165) is 5.56 Å². The molecule has 2 aromatic carbocycles. The Morgan fingerprint density at radius 3 is 2.55 bits per heavy atom. The largest absolute Gasteiger partial charge is 0.480 e. The number of nitrogens with two attached hydrogens (primary N) is 1. The number of anilines is 2. The summed E-state index contributed by atoms with van der Waals surface area (Å²) in [5, 5.41) is 15.3. The highest BCUT2D eigenvalue weighted by atomic mass is 16.5. The van der Waals surface area contributed by atoms with Crippen LogP contribution in [0.1, 0.15) is 12.0 Å². The number of aliphatic carboxylic acids is 1. The summed E-state index contributed by atoms with van der Waals surface area (Å²) in [7, 11) is 0. The standard InChI is InChI=1S/C23H22N6O4/c24-22-28-19-17(12-13-25-19)20(29-22)33-16-9-7-15(8-10-16)26-23(32)27-18(21(30)31)11-6-14-4-2-1-3-5-14/h1-5,7-10,12-13,18H,6,11H2,(H,30,31)(H2,26,27,32)(H3,24,25,28,29)/t18-/m0/s1. The third-order valence-corrected chi connectivity index (χ3v) is 4.89. The van der Waals surface area contributed by atoms with E-state index in [1.807, 2.05) is 30.3 Å². The molecular formula is C23H22N6O4. The van der Waals surface area contributed by atoms with Gasteiger partial charge in [-0.1, -0.05) is 30.3 Å². The number of carbonyl (C=O) groups is 2. The van der Waals surface area contributed by atoms with Gasteiger partial charge in [0.15, 0.2) is 0 Å². The highest BCUT2D eigenvalue weighted by Gasteiger charge is 2.20. The Labute approximate surface area is 188 Å². The number of aryl methyl sites for hydroxylation is 1. The molecule has 0 saturated carbocycles. The molecule has 0 saturated heterocycles. The molecule has 2 heterocycles. The van der Waals surface area contributed by atoms with E-state index < -0.39 is 18.0 Å². The first-order valence-electron chi connectivity index (χ1n) is 10.2. The normalized spacial score (nSPS) is 11.6. The van der Waals surface area contributed by atoms with Gasteiger partial charge in [0.25, 0.3) is 0 Å². The summed E-state index contributed by atoms with van der Waals surface area (Å²) in [6.45, 7) is 0. The van der Waals surface area contributed by atoms with Crippen LogP contribution >= 0.6 is 0 Å². The monoisotopic (exact) mass is 446 g/mol. The predicted octanol–water partition coefficient (Wildman–Crippen LogP) is 3.54. The number of rotatable bonds is 8. The number of carbonyl (C=O) groups excluding carboxylic acids is 1. The fourth-order valence-electron chi connectivity index (χ4n) is 3.26. The number of hydrogen-bond acceptors (Lipinski definition) is 6. The average Bonchev–Trinajstić information content (AvgIpc) is 3.27. The van der Waals surface area contributed by atoms with Crippen molar-refractivity contribution in [1.82, 2.24) is 20.3 Å². The van der Waals surface area contributed by atoms with E-state index in [0.29, 0.717) is 34.8 Å². The van der Waals surface area contributed by atoms with Crippen LogP contribution in [0.25, 0.3) is 11.0 Å². The van der Waals surface area contributed by atoms with Crippen molar-refractivity contribution in [2.45, 2.75) is 18.9 Å². The number of nitrogen functional groups attached to an aromatic ring is 1. The maximum Gasteiger partial charge on any atom is 0.326 e. The van der Waals surface area contributed by atoms with Crippen LogP contribution in [0.5, 0.6) is 11.6 Å². The van der Waals surface area contributed by atoms with E-state index in [9.17, 15) is 14.7 Å². The number of aromatic nitrogens is 3. The zero-order valence-electron chi connectivity index (χ0n) is 17.5. The number of carboxylic acids is 1. The molecule has 4 aromatic rings. The van der Waals surface area contributed by atoms with Crippen LogP contribution in [0.15, 0.2) is 66.9 Å². The minimum atomic E-state index is -1.09. The van der Waals surface area contributed by atoms with Crippen molar-refractivity contribution in [3.8, 4) is 11.6 Å². The summed E-state index contributed by atoms with van der Waals surface area (Å²) in [6.07, 6.45) is 2.52. The van der Waals surface area contributed by atoms with Gasteiger partial charge in [0.2, 0.25) is 11.8 Å². The summed E-state index contributed by atoms with van der Waals surface area (Å²) >= 11 is 0. The molecule has 0 radical (unpaired) electrons. The maximum atomic E-state index is 12.3. The topological polar surface area (TPSA) is 155 Å². The lowest BCUT2D eigenvalue weighted by atomic mass is 10.1. The van der Waals surface area contributed by atoms with E-state index in [-0.39, 0.29) is 12.4 Å². The van der Waals surface area contributed by atoms with Gasteiger partial charge in [-0.25, -0.2) is 9.59 Å².